The molecule has 88 valence electrons. The van der Waals surface area contributed by atoms with Crippen LogP contribution >= 0.6 is 0 Å². The molecule has 2 aromatic heterocycles. The van der Waals surface area contributed by atoms with Crippen molar-refractivity contribution in [3.63, 3.8) is 0 Å². The van der Waals surface area contributed by atoms with Crippen molar-refractivity contribution in [3.05, 3.63) is 32.0 Å². The lowest BCUT2D eigenvalue weighted by atomic mass is 10.3. The fourth-order valence-corrected chi connectivity index (χ4v) is 1.45. The molecule has 0 aliphatic carbocycles. The van der Waals surface area contributed by atoms with Crippen molar-refractivity contribution in [2.45, 2.75) is 6.92 Å². The lowest BCUT2D eigenvalue weighted by Crippen LogP contribution is -2.06. The van der Waals surface area contributed by atoms with E-state index in [-0.39, 0.29) is 22.7 Å². The fraction of sp³-hybridized carbons (Fsp3) is 0.143. The van der Waals surface area contributed by atoms with Gasteiger partial charge in [-0.3, -0.25) is 14.5 Å². The third-order valence-corrected chi connectivity index (χ3v) is 2.30. The van der Waals surface area contributed by atoms with E-state index in [9.17, 15) is 20.2 Å². The van der Waals surface area contributed by atoms with Gasteiger partial charge in [0.15, 0.2) is 5.65 Å². The molecule has 2 N–H and O–H groups in total. The van der Waals surface area contributed by atoms with Crippen LogP contribution in [0.15, 0.2) is 6.20 Å². The summed E-state index contributed by atoms with van der Waals surface area (Å²) in [6.07, 6.45) is 1.08. The SMILES string of the molecule is Cc1c([N+](=O)[O-])cn2c(N)c([N+](=O)[O-])nnc12. The minimum atomic E-state index is -0.803. The molecular formula is C7H6N6O4. The first-order valence-electron chi connectivity index (χ1n) is 4.36. The summed E-state index contributed by atoms with van der Waals surface area (Å²) in [6.45, 7) is 1.47. The molecule has 2 rings (SSSR count). The van der Waals surface area contributed by atoms with Gasteiger partial charge in [0, 0.05) is 0 Å². The minimum Gasteiger partial charge on any atom is -0.378 e. The predicted molar refractivity (Wildman–Crippen MR) is 55.4 cm³/mol. The second-order valence-electron chi connectivity index (χ2n) is 3.26. The number of nitrogens with zero attached hydrogens (tertiary/aromatic N) is 5. The normalized spacial score (nSPS) is 10.6. The van der Waals surface area contributed by atoms with E-state index in [1.165, 1.54) is 6.92 Å². The first-order chi connectivity index (χ1) is 7.93. The van der Waals surface area contributed by atoms with Gasteiger partial charge in [0.1, 0.15) is 0 Å². The zero-order valence-corrected chi connectivity index (χ0v) is 8.52. The summed E-state index contributed by atoms with van der Waals surface area (Å²) >= 11 is 0. The summed E-state index contributed by atoms with van der Waals surface area (Å²) in [4.78, 5) is 19.8. The van der Waals surface area contributed by atoms with Gasteiger partial charge in [0.05, 0.1) is 21.8 Å². The van der Waals surface area contributed by atoms with E-state index in [1.54, 1.807) is 0 Å². The van der Waals surface area contributed by atoms with Gasteiger partial charge >= 0.3 is 5.82 Å². The molecule has 2 heterocycles. The molecule has 0 saturated heterocycles. The second-order valence-corrected chi connectivity index (χ2v) is 3.26. The van der Waals surface area contributed by atoms with Gasteiger partial charge in [-0.1, -0.05) is 0 Å². The number of nitrogen functional groups attached to an aromatic ring is 1. The molecule has 0 fully saturated rings. The first-order valence-corrected chi connectivity index (χ1v) is 4.36. The maximum atomic E-state index is 10.7. The molecule has 10 nitrogen and oxygen atoms in total. The Labute approximate surface area is 93.0 Å². The molecule has 2 aromatic rings. The second kappa shape index (κ2) is 3.37. The lowest BCUT2D eigenvalue weighted by Gasteiger charge is -1.97. The van der Waals surface area contributed by atoms with Gasteiger partial charge in [0.25, 0.3) is 5.69 Å². The lowest BCUT2D eigenvalue weighted by molar-refractivity contribution is -0.389. The van der Waals surface area contributed by atoms with Gasteiger partial charge < -0.3 is 15.8 Å². The highest BCUT2D eigenvalue weighted by molar-refractivity contribution is 5.64. The van der Waals surface area contributed by atoms with Crippen LogP contribution in [0.3, 0.4) is 0 Å². The van der Waals surface area contributed by atoms with Crippen molar-refractivity contribution < 1.29 is 9.85 Å². The quantitative estimate of drug-likeness (QED) is 0.590. The van der Waals surface area contributed by atoms with Crippen molar-refractivity contribution in [2.24, 2.45) is 0 Å². The molecule has 0 amide bonds. The summed E-state index contributed by atoms with van der Waals surface area (Å²) in [7, 11) is 0. The first kappa shape index (κ1) is 10.7. The molecule has 0 atom stereocenters. The Kier molecular flexibility index (Phi) is 2.12. The maximum Gasteiger partial charge on any atom is 0.431 e. The van der Waals surface area contributed by atoms with Crippen molar-refractivity contribution in [3.8, 4) is 0 Å². The molecule has 17 heavy (non-hydrogen) atoms. The molecule has 0 bridgehead atoms. The van der Waals surface area contributed by atoms with Gasteiger partial charge in [-0.25, -0.2) is 0 Å². The number of aryl methyl sites for hydroxylation is 1. The van der Waals surface area contributed by atoms with E-state index < -0.39 is 15.7 Å². The number of aromatic nitrogens is 3. The maximum absolute atomic E-state index is 10.7. The number of hydrogen-bond acceptors (Lipinski definition) is 7. The highest BCUT2D eigenvalue weighted by Gasteiger charge is 2.25. The van der Waals surface area contributed by atoms with Crippen LogP contribution in [0.5, 0.6) is 0 Å². The van der Waals surface area contributed by atoms with Crippen LogP contribution in [0.25, 0.3) is 5.65 Å². The third-order valence-electron chi connectivity index (χ3n) is 2.30. The molecule has 0 aromatic carbocycles. The average Bonchev–Trinajstić information content (AvgIpc) is 2.57. The van der Waals surface area contributed by atoms with E-state index in [2.05, 4.69) is 10.2 Å². The summed E-state index contributed by atoms with van der Waals surface area (Å²) in [6, 6.07) is 0. The number of anilines is 1. The van der Waals surface area contributed by atoms with Gasteiger partial charge in [-0.2, -0.15) is 0 Å². The van der Waals surface area contributed by atoms with Crippen molar-refractivity contribution in [1.82, 2.24) is 14.6 Å². The Morgan fingerprint density at radius 3 is 2.47 bits per heavy atom. The zero-order valence-electron chi connectivity index (χ0n) is 8.52. The van der Waals surface area contributed by atoms with Crippen LogP contribution in [0.4, 0.5) is 17.3 Å². The Hall–Kier alpha value is -2.78. The Morgan fingerprint density at radius 1 is 1.29 bits per heavy atom. The Bertz CT molecular complexity index is 647. The van der Waals surface area contributed by atoms with Crippen molar-refractivity contribution in [2.75, 3.05) is 5.73 Å². The van der Waals surface area contributed by atoms with Crippen LogP contribution in [0.1, 0.15) is 5.56 Å². The minimum absolute atomic E-state index is 0.125. The van der Waals surface area contributed by atoms with E-state index in [1.807, 2.05) is 0 Å². The molecule has 0 unspecified atom stereocenters. The molecule has 0 aliphatic heterocycles. The van der Waals surface area contributed by atoms with E-state index in [0.29, 0.717) is 0 Å². The monoisotopic (exact) mass is 238 g/mol. The standard InChI is InChI=1S/C7H6N6O4/c1-3-4(12(14)15)2-11-5(8)7(13(16)17)10-9-6(3)11/h2H,8H2,1H3. The van der Waals surface area contributed by atoms with Crippen LogP contribution < -0.4 is 5.73 Å². The summed E-state index contributed by atoms with van der Waals surface area (Å²) in [5, 5.41) is 28.1. The number of nitro groups is 2. The smallest absolute Gasteiger partial charge is 0.378 e. The van der Waals surface area contributed by atoms with Crippen LogP contribution in [-0.2, 0) is 0 Å². The zero-order chi connectivity index (χ0) is 12.7. The van der Waals surface area contributed by atoms with Crippen LogP contribution in [-0.4, -0.2) is 24.4 Å². The number of fused-ring (bicyclic) bond motifs is 1. The Balaban J connectivity index is 2.84. The van der Waals surface area contributed by atoms with Gasteiger partial charge in [-0.05, 0) is 16.9 Å². The number of rotatable bonds is 2. The molecule has 0 saturated carbocycles. The van der Waals surface area contributed by atoms with E-state index in [0.717, 1.165) is 10.6 Å². The number of hydrogen-bond donors (Lipinski definition) is 1. The van der Waals surface area contributed by atoms with E-state index >= 15 is 0 Å². The molecule has 0 aliphatic rings. The van der Waals surface area contributed by atoms with E-state index in [4.69, 9.17) is 5.73 Å². The molecule has 0 spiro atoms. The average molecular weight is 238 g/mol. The van der Waals surface area contributed by atoms with Crippen molar-refractivity contribution in [1.29, 1.82) is 0 Å². The molecular weight excluding hydrogens is 232 g/mol. The predicted octanol–water partition coefficient (Wildman–Crippen LogP) is 0.436. The highest BCUT2D eigenvalue weighted by atomic mass is 16.6. The molecule has 10 heteroatoms. The van der Waals surface area contributed by atoms with Gasteiger partial charge in [-0.15, -0.1) is 0 Å². The third kappa shape index (κ3) is 1.42. The van der Waals surface area contributed by atoms with Crippen LogP contribution in [0.2, 0.25) is 0 Å². The van der Waals surface area contributed by atoms with Crippen molar-refractivity contribution >= 4 is 23.0 Å². The summed E-state index contributed by atoms with van der Waals surface area (Å²) < 4.78 is 1.08. The Morgan fingerprint density at radius 2 is 1.94 bits per heavy atom. The topological polar surface area (TPSA) is 142 Å². The number of nitrogens with two attached hydrogens (primary N) is 1. The summed E-state index contributed by atoms with van der Waals surface area (Å²) in [5.74, 6) is -0.932. The fourth-order valence-electron chi connectivity index (χ4n) is 1.45. The van der Waals surface area contributed by atoms with Gasteiger partial charge in [0.2, 0.25) is 5.82 Å². The largest absolute Gasteiger partial charge is 0.431 e. The highest BCUT2D eigenvalue weighted by Crippen LogP contribution is 2.27. The van der Waals surface area contributed by atoms with Crippen LogP contribution in [0, 0.1) is 27.2 Å². The molecule has 0 radical (unpaired) electrons. The summed E-state index contributed by atoms with van der Waals surface area (Å²) in [5.41, 5.74) is 5.66.